The van der Waals surface area contributed by atoms with Gasteiger partial charge in [-0.25, -0.2) is 4.68 Å². The molecule has 5 aromatic rings. The highest BCUT2D eigenvalue weighted by atomic mass is 32.2. The van der Waals surface area contributed by atoms with E-state index in [0.29, 0.717) is 17.4 Å². The smallest absolute Gasteiger partial charge is 0.231 e. The molecule has 4 aromatic carbocycles. The highest BCUT2D eigenvalue weighted by Gasteiger charge is 2.18. The van der Waals surface area contributed by atoms with E-state index < -0.39 is 0 Å². The summed E-state index contributed by atoms with van der Waals surface area (Å²) in [4.78, 5) is 12.9. The third-order valence-electron chi connectivity index (χ3n) is 5.87. The number of benzene rings is 4. The van der Waals surface area contributed by atoms with E-state index in [-0.39, 0.29) is 17.7 Å². The SMILES string of the molecule is Nn1c(Cc2cccc3ccccc23)nnc1SCC(=O)NC(c1ccccc1)c1ccccc1. The van der Waals surface area contributed by atoms with Gasteiger partial charge >= 0.3 is 0 Å². The zero-order valence-electron chi connectivity index (χ0n) is 19.0. The Hall–Kier alpha value is -4.10. The van der Waals surface area contributed by atoms with Crippen LogP contribution in [0.1, 0.15) is 28.6 Å². The molecular weight excluding hydrogens is 454 g/mol. The van der Waals surface area contributed by atoms with Crippen LogP contribution in [0.3, 0.4) is 0 Å². The summed E-state index contributed by atoms with van der Waals surface area (Å²) >= 11 is 1.27. The number of nitrogen functional groups attached to an aromatic ring is 1. The fourth-order valence-corrected chi connectivity index (χ4v) is 4.81. The highest BCUT2D eigenvalue weighted by Crippen LogP contribution is 2.24. The van der Waals surface area contributed by atoms with Gasteiger partial charge in [0.15, 0.2) is 5.82 Å². The number of carbonyl (C=O) groups is 1. The van der Waals surface area contributed by atoms with Gasteiger partial charge in [-0.3, -0.25) is 4.79 Å². The summed E-state index contributed by atoms with van der Waals surface area (Å²) in [5.41, 5.74) is 3.18. The monoisotopic (exact) mass is 479 g/mol. The number of hydrogen-bond donors (Lipinski definition) is 2. The van der Waals surface area contributed by atoms with Crippen LogP contribution in [-0.2, 0) is 11.2 Å². The van der Waals surface area contributed by atoms with Gasteiger partial charge in [0, 0.05) is 6.42 Å². The summed E-state index contributed by atoms with van der Waals surface area (Å²) in [7, 11) is 0. The van der Waals surface area contributed by atoms with Crippen LogP contribution in [0.4, 0.5) is 0 Å². The average molecular weight is 480 g/mol. The van der Waals surface area contributed by atoms with Crippen molar-refractivity contribution < 1.29 is 4.79 Å². The Bertz CT molecular complexity index is 1390. The number of thioether (sulfide) groups is 1. The summed E-state index contributed by atoms with van der Waals surface area (Å²) < 4.78 is 1.48. The third-order valence-corrected chi connectivity index (χ3v) is 6.81. The van der Waals surface area contributed by atoms with Crippen LogP contribution in [0, 0.1) is 0 Å². The quantitative estimate of drug-likeness (QED) is 0.248. The molecule has 6 nitrogen and oxygen atoms in total. The zero-order valence-corrected chi connectivity index (χ0v) is 19.9. The van der Waals surface area contributed by atoms with Crippen molar-refractivity contribution >= 4 is 28.4 Å². The molecule has 174 valence electrons. The van der Waals surface area contributed by atoms with Gasteiger partial charge in [-0.2, -0.15) is 0 Å². The van der Waals surface area contributed by atoms with Gasteiger partial charge in [-0.1, -0.05) is 115 Å². The molecule has 1 heterocycles. The number of amides is 1. The second kappa shape index (κ2) is 10.4. The molecule has 35 heavy (non-hydrogen) atoms. The Morgan fingerprint density at radius 2 is 1.46 bits per heavy atom. The van der Waals surface area contributed by atoms with Crippen LogP contribution < -0.4 is 11.2 Å². The van der Waals surface area contributed by atoms with Crippen LogP contribution >= 0.6 is 11.8 Å². The van der Waals surface area contributed by atoms with Gasteiger partial charge in [0.2, 0.25) is 11.1 Å². The molecule has 0 unspecified atom stereocenters. The Balaban J connectivity index is 1.27. The number of carbonyl (C=O) groups excluding carboxylic acids is 1. The molecule has 1 aromatic heterocycles. The molecule has 3 N–H and O–H groups in total. The molecule has 0 bridgehead atoms. The maximum absolute atomic E-state index is 12.9. The number of nitrogens with one attached hydrogen (secondary N) is 1. The van der Waals surface area contributed by atoms with Crippen molar-refractivity contribution in [2.24, 2.45) is 0 Å². The summed E-state index contributed by atoms with van der Waals surface area (Å²) in [5.74, 6) is 7.03. The Morgan fingerprint density at radius 3 is 2.17 bits per heavy atom. The van der Waals surface area contributed by atoms with Gasteiger partial charge in [0.1, 0.15) is 0 Å². The van der Waals surface area contributed by atoms with Gasteiger partial charge < -0.3 is 11.2 Å². The van der Waals surface area contributed by atoms with Gasteiger partial charge in [-0.05, 0) is 27.5 Å². The molecule has 0 fully saturated rings. The van der Waals surface area contributed by atoms with Crippen LogP contribution in [0.5, 0.6) is 0 Å². The van der Waals surface area contributed by atoms with Crippen molar-refractivity contribution in [3.63, 3.8) is 0 Å². The van der Waals surface area contributed by atoms with E-state index in [9.17, 15) is 4.79 Å². The second-order valence-electron chi connectivity index (χ2n) is 8.19. The van der Waals surface area contributed by atoms with E-state index in [1.54, 1.807) is 0 Å². The standard InChI is InChI=1S/C28H25N5OS/c29-33-25(18-23-16-9-15-20-10-7-8-17-24(20)23)31-32-28(33)35-19-26(34)30-27(21-11-3-1-4-12-21)22-13-5-2-6-14-22/h1-17,27H,18-19,29H2,(H,30,34). The number of nitrogens with two attached hydrogens (primary N) is 1. The van der Waals surface area contributed by atoms with E-state index in [1.165, 1.54) is 27.2 Å². The molecule has 0 spiro atoms. The summed E-state index contributed by atoms with van der Waals surface area (Å²) in [5, 5.41) is 14.5. The molecule has 0 aliphatic carbocycles. The van der Waals surface area contributed by atoms with E-state index in [0.717, 1.165) is 16.7 Å². The first-order chi connectivity index (χ1) is 17.2. The highest BCUT2D eigenvalue weighted by molar-refractivity contribution is 7.99. The number of rotatable bonds is 8. The average Bonchev–Trinajstić information content (AvgIpc) is 3.26. The zero-order chi connectivity index (χ0) is 24.0. The minimum Gasteiger partial charge on any atom is -0.344 e. The predicted octanol–water partition coefficient (Wildman–Crippen LogP) is 4.73. The fraction of sp³-hybridized carbons (Fsp3) is 0.107. The molecule has 0 saturated carbocycles. The lowest BCUT2D eigenvalue weighted by Gasteiger charge is -2.19. The van der Waals surface area contributed by atoms with E-state index in [1.807, 2.05) is 78.9 Å². The van der Waals surface area contributed by atoms with Gasteiger partial charge in [0.05, 0.1) is 11.8 Å². The number of aromatic nitrogens is 3. The molecule has 7 heteroatoms. The lowest BCUT2D eigenvalue weighted by molar-refractivity contribution is -0.119. The van der Waals surface area contributed by atoms with E-state index in [2.05, 4.69) is 39.8 Å². The van der Waals surface area contributed by atoms with Crippen molar-refractivity contribution in [2.75, 3.05) is 11.6 Å². The molecule has 1 amide bonds. The lowest BCUT2D eigenvalue weighted by atomic mass is 9.99. The third kappa shape index (κ3) is 5.20. The maximum atomic E-state index is 12.9. The van der Waals surface area contributed by atoms with Crippen LogP contribution in [0.25, 0.3) is 10.8 Å². The Kier molecular flexibility index (Phi) is 6.77. The number of fused-ring (bicyclic) bond motifs is 1. The normalized spacial score (nSPS) is 11.1. The van der Waals surface area contributed by atoms with Crippen LogP contribution in [-0.4, -0.2) is 26.5 Å². The van der Waals surface area contributed by atoms with Crippen molar-refractivity contribution in [2.45, 2.75) is 17.6 Å². The minimum absolute atomic E-state index is 0.105. The summed E-state index contributed by atoms with van der Waals surface area (Å²) in [6.45, 7) is 0. The second-order valence-corrected chi connectivity index (χ2v) is 9.14. The molecular formula is C28H25N5OS. The Labute approximate surface area is 208 Å². The molecule has 0 atom stereocenters. The summed E-state index contributed by atoms with van der Waals surface area (Å²) in [6.07, 6.45) is 0.557. The first-order valence-electron chi connectivity index (χ1n) is 11.4. The lowest BCUT2D eigenvalue weighted by Crippen LogP contribution is -2.30. The predicted molar refractivity (Wildman–Crippen MR) is 141 cm³/mol. The largest absolute Gasteiger partial charge is 0.344 e. The molecule has 0 aliphatic heterocycles. The van der Waals surface area contributed by atoms with Crippen LogP contribution in [0.15, 0.2) is 108 Å². The summed E-state index contributed by atoms with van der Waals surface area (Å²) in [6, 6.07) is 34.1. The van der Waals surface area contributed by atoms with E-state index in [4.69, 9.17) is 5.84 Å². The molecule has 0 radical (unpaired) electrons. The van der Waals surface area contributed by atoms with Crippen molar-refractivity contribution in [3.05, 3.63) is 126 Å². The van der Waals surface area contributed by atoms with E-state index >= 15 is 0 Å². The van der Waals surface area contributed by atoms with Crippen LogP contribution in [0.2, 0.25) is 0 Å². The minimum atomic E-state index is -0.233. The van der Waals surface area contributed by atoms with Crippen molar-refractivity contribution in [1.82, 2.24) is 20.2 Å². The topological polar surface area (TPSA) is 85.8 Å². The maximum Gasteiger partial charge on any atom is 0.231 e. The fourth-order valence-electron chi connectivity index (χ4n) is 4.13. The number of hydrogen-bond acceptors (Lipinski definition) is 5. The first kappa shape index (κ1) is 22.7. The van der Waals surface area contributed by atoms with Gasteiger partial charge in [0.25, 0.3) is 0 Å². The van der Waals surface area contributed by atoms with Crippen molar-refractivity contribution in [1.29, 1.82) is 0 Å². The van der Waals surface area contributed by atoms with Gasteiger partial charge in [-0.15, -0.1) is 10.2 Å². The number of nitrogens with zero attached hydrogens (tertiary/aromatic N) is 3. The Morgan fingerprint density at radius 1 is 0.829 bits per heavy atom. The first-order valence-corrected chi connectivity index (χ1v) is 12.4. The molecule has 0 aliphatic rings. The van der Waals surface area contributed by atoms with Crippen molar-refractivity contribution in [3.8, 4) is 0 Å². The molecule has 0 saturated heterocycles. The molecule has 5 rings (SSSR count).